The molecule has 0 bridgehead atoms. The molecule has 4 saturated heterocycles. The van der Waals surface area contributed by atoms with E-state index in [1.807, 2.05) is 12.1 Å². The summed E-state index contributed by atoms with van der Waals surface area (Å²) in [5.41, 5.74) is 2.93. The van der Waals surface area contributed by atoms with Gasteiger partial charge in [-0.1, -0.05) is 53.6 Å². The van der Waals surface area contributed by atoms with Gasteiger partial charge in [0.25, 0.3) is 18.2 Å². The van der Waals surface area contributed by atoms with Crippen molar-refractivity contribution in [3.63, 3.8) is 0 Å². The van der Waals surface area contributed by atoms with Crippen LogP contribution in [-0.4, -0.2) is 258 Å². The maximum Gasteiger partial charge on any atom is 0.261 e. The Hall–Kier alpha value is -6.82. The van der Waals surface area contributed by atoms with Gasteiger partial charge in [0.05, 0.1) is 55.9 Å². The summed E-state index contributed by atoms with van der Waals surface area (Å²) in [5.74, 6) is -8.66. The summed E-state index contributed by atoms with van der Waals surface area (Å²) in [6.07, 6.45) is -7.48. The number of aliphatic hydroxyl groups excluding tert-OH is 8. The third kappa shape index (κ3) is 18.6. The van der Waals surface area contributed by atoms with Crippen molar-refractivity contribution in [1.29, 1.82) is 0 Å². The Morgan fingerprint density at radius 2 is 1.35 bits per heavy atom. The van der Waals surface area contributed by atoms with E-state index in [1.165, 1.54) is 56.9 Å². The molecule has 512 valence electrons. The zero-order valence-electron chi connectivity index (χ0n) is 52.1. The molecule has 0 spiro atoms. The second kappa shape index (κ2) is 33.5. The number of fused-ring (bicyclic) bond motifs is 2. The number of carbonyl (C=O) groups is 7. The first-order valence-corrected chi connectivity index (χ1v) is 32.1. The largest absolute Gasteiger partial charge is 0.504 e. The molecule has 1 aliphatic carbocycles. The number of carbonyl (C=O) groups excluding carboxylic acids is 7. The third-order valence-electron chi connectivity index (χ3n) is 18.2. The third-order valence-corrected chi connectivity index (χ3v) is 18.6. The van der Waals surface area contributed by atoms with Gasteiger partial charge in [-0.05, 0) is 105 Å². The monoisotopic (exact) mass is 1320 g/mol. The smallest absolute Gasteiger partial charge is 0.261 e. The van der Waals surface area contributed by atoms with Crippen LogP contribution in [0.4, 0.5) is 5.69 Å². The van der Waals surface area contributed by atoms with Crippen molar-refractivity contribution in [3.05, 3.63) is 77.9 Å². The fraction of sp³-hybridized carbons (Fsp3) is 0.597. The summed E-state index contributed by atoms with van der Waals surface area (Å²) < 4.78 is 9.37. The van der Waals surface area contributed by atoms with E-state index in [-0.39, 0.29) is 42.3 Å². The maximum atomic E-state index is 15.0. The lowest BCUT2D eigenvalue weighted by Crippen LogP contribution is -2.64. The summed E-state index contributed by atoms with van der Waals surface area (Å²) in [6, 6.07) is 6.63. The Bertz CT molecular complexity index is 3010. The number of anilines is 1. The van der Waals surface area contributed by atoms with Gasteiger partial charge in [0, 0.05) is 88.3 Å². The number of phenols is 1. The second-order valence-corrected chi connectivity index (χ2v) is 25.4. The van der Waals surface area contributed by atoms with Crippen LogP contribution in [0, 0.1) is 11.8 Å². The lowest BCUT2D eigenvalue weighted by Gasteiger charge is -2.42. The van der Waals surface area contributed by atoms with E-state index in [9.17, 15) is 79.5 Å². The van der Waals surface area contributed by atoms with Crippen molar-refractivity contribution in [1.82, 2.24) is 46.6 Å². The first-order chi connectivity index (χ1) is 44.5. The standard InChI is InChI=1S/C62H88N10O20S/c1-33-4-13-41(14-5-33)69-20-22-70(23-21-69)42-15-11-38(12-16-42)37-7-9-39(10-8-37)56(82)65-45-26-43(76)28-64-60(86)54-55(81)34(2)29-72(54)62(88)53(48(79)18-19-63-40(31-73)32-74)68-59(85)52(49(80)24-36-6-17-47(78)50(25-36)90-93-92-91-89)67-58(84)46-27-44(77)30-71(46)61(87)51(35(3)75)66-57(45)83/h6-12,15-17,25,33-35,40-41,43-46,48-49,51-55,63,73-81,89H,4-5,13-14,18-24,26-32H2,1-3H3,(H,64,86)(H,65,82)(H,66,83)(H,67,84)(H,68,85)/t33?,34-,35+,41?,43+,44+,45?,46-,48+,49+,51-,52-,53-,54-,55-/m0/s1. The summed E-state index contributed by atoms with van der Waals surface area (Å²) in [7, 11) is 0. The van der Waals surface area contributed by atoms with Crippen LogP contribution in [0.3, 0.4) is 0 Å². The van der Waals surface area contributed by atoms with Gasteiger partial charge in [-0.15, -0.1) is 0 Å². The van der Waals surface area contributed by atoms with Gasteiger partial charge in [-0.25, -0.2) is 5.26 Å². The summed E-state index contributed by atoms with van der Waals surface area (Å²) in [5, 5.41) is 126. The van der Waals surface area contributed by atoms with Crippen molar-refractivity contribution in [2.24, 2.45) is 11.8 Å². The van der Waals surface area contributed by atoms with Gasteiger partial charge in [0.2, 0.25) is 35.4 Å². The minimum atomic E-state index is -2.15. The number of aliphatic hydroxyl groups is 8. The quantitative estimate of drug-likeness (QED) is 0.0239. The molecule has 4 heterocycles. The van der Waals surface area contributed by atoms with E-state index in [0.717, 1.165) is 71.7 Å². The molecule has 4 aliphatic heterocycles. The average molecular weight is 1330 g/mol. The molecule has 8 rings (SSSR count). The topological polar surface area (TPSA) is 435 Å². The summed E-state index contributed by atoms with van der Waals surface area (Å²) in [6.45, 7) is 5.93. The molecule has 5 fully saturated rings. The Kier molecular flexibility index (Phi) is 26.0. The Morgan fingerprint density at radius 3 is 2.00 bits per heavy atom. The van der Waals surface area contributed by atoms with Crippen molar-refractivity contribution in [2.75, 3.05) is 70.5 Å². The normalized spacial score (nSPS) is 28.5. The molecule has 13 atom stereocenters. The van der Waals surface area contributed by atoms with Gasteiger partial charge >= 0.3 is 0 Å². The number of β-amino-alcohol motifs (C(OH)–C–C–N with tert-alkyl or cyclic N) is 1. The van der Waals surface area contributed by atoms with Gasteiger partial charge in [0.1, 0.15) is 36.3 Å². The van der Waals surface area contributed by atoms with Gasteiger partial charge in [-0.3, -0.25) is 38.5 Å². The number of hydrogen-bond donors (Lipinski definition) is 16. The first kappa shape index (κ1) is 72.0. The number of rotatable bonds is 20. The van der Waals surface area contributed by atoms with Gasteiger partial charge in [-0.2, -0.15) is 0 Å². The summed E-state index contributed by atoms with van der Waals surface area (Å²) in [4.78, 5) is 109. The zero-order chi connectivity index (χ0) is 67.2. The fourth-order valence-electron chi connectivity index (χ4n) is 12.8. The highest BCUT2D eigenvalue weighted by Crippen LogP contribution is 2.33. The number of amides is 7. The van der Waals surface area contributed by atoms with Crippen LogP contribution in [0.15, 0.2) is 66.7 Å². The van der Waals surface area contributed by atoms with Crippen LogP contribution in [0.25, 0.3) is 11.1 Å². The predicted molar refractivity (Wildman–Crippen MR) is 334 cm³/mol. The van der Waals surface area contributed by atoms with Crippen LogP contribution in [0.1, 0.15) is 81.6 Å². The van der Waals surface area contributed by atoms with Crippen LogP contribution >= 0.6 is 12.3 Å². The highest BCUT2D eigenvalue weighted by Gasteiger charge is 2.50. The number of phenolic OH excluding ortho intramolecular Hbond substituents is 1. The molecular weight excluding hydrogens is 1240 g/mol. The minimum Gasteiger partial charge on any atom is -0.504 e. The van der Waals surface area contributed by atoms with E-state index >= 15 is 0 Å². The lowest BCUT2D eigenvalue weighted by molar-refractivity contribution is -0.433. The molecular formula is C62H88N10O20S. The van der Waals surface area contributed by atoms with E-state index in [2.05, 4.69) is 70.1 Å². The molecule has 30 nitrogen and oxygen atoms in total. The van der Waals surface area contributed by atoms with E-state index in [4.69, 9.17) is 9.44 Å². The second-order valence-electron chi connectivity index (χ2n) is 25.0. The van der Waals surface area contributed by atoms with Crippen LogP contribution in [0.5, 0.6) is 11.5 Å². The number of benzene rings is 3. The molecule has 3 aromatic carbocycles. The number of hydrogen-bond acceptors (Lipinski definition) is 24. The minimum absolute atomic E-state index is 0.0723. The van der Waals surface area contributed by atoms with E-state index < -0.39 is 184 Å². The van der Waals surface area contributed by atoms with Gasteiger partial charge < -0.3 is 96.7 Å². The number of nitrogens with one attached hydrogen (secondary N) is 6. The Morgan fingerprint density at radius 1 is 0.720 bits per heavy atom. The van der Waals surface area contributed by atoms with Crippen LogP contribution in [0.2, 0.25) is 0 Å². The highest BCUT2D eigenvalue weighted by atomic mass is 32.2. The fourth-order valence-corrected chi connectivity index (χ4v) is 13.0. The molecule has 1 saturated carbocycles. The van der Waals surface area contributed by atoms with Crippen molar-refractivity contribution < 1.29 is 98.3 Å². The zero-order valence-corrected chi connectivity index (χ0v) is 52.9. The van der Waals surface area contributed by atoms with Gasteiger partial charge in [0.15, 0.2) is 11.5 Å². The molecule has 16 N–H and O–H groups in total. The first-order valence-electron chi connectivity index (χ1n) is 31.5. The average Bonchev–Trinajstić information content (AvgIpc) is 1.73. The predicted octanol–water partition coefficient (Wildman–Crippen LogP) is -2.60. The highest BCUT2D eigenvalue weighted by molar-refractivity contribution is 7.90. The van der Waals surface area contributed by atoms with Crippen LogP contribution < -0.4 is 41.0 Å². The molecule has 31 heteroatoms. The number of aromatic hydroxyl groups is 1. The molecule has 0 aromatic heterocycles. The van der Waals surface area contributed by atoms with Crippen LogP contribution in [-0.2, 0) is 44.6 Å². The SMILES string of the molecule is CC1CCC(N2CCN(c3ccc(-c4ccc(C(=O)NC5C[C@@H](O)CNC(=O)[C@@H]6[C@@H](O)[C@@H](C)CN6C(=O)[C@H]([C@H](O)CCNC(CO)CO)NC(=O)[C@H]([C@H](O)Cc6ccc(O)c(OSOOO)c6)NC(=O)[C@@H]6C[C@@H](O)CN6C(=O)[C@H]([C@@H](C)O)NC5=O)cc4)cc3)CC2)CC1. The van der Waals surface area contributed by atoms with E-state index in [1.54, 1.807) is 12.1 Å². The molecule has 1 unspecified atom stereocenters. The molecule has 0 radical (unpaired) electrons. The molecule has 5 aliphatic rings. The number of nitrogens with zero attached hydrogens (tertiary/aromatic N) is 4. The molecule has 93 heavy (non-hydrogen) atoms. The van der Waals surface area contributed by atoms with Crippen molar-refractivity contribution >= 4 is 59.4 Å². The molecule has 3 aromatic rings. The van der Waals surface area contributed by atoms with Crippen molar-refractivity contribution in [2.45, 2.75) is 157 Å². The van der Waals surface area contributed by atoms with Crippen molar-refractivity contribution in [3.8, 4) is 22.6 Å². The lowest BCUT2D eigenvalue weighted by atomic mass is 9.86. The van der Waals surface area contributed by atoms with E-state index in [0.29, 0.717) is 6.04 Å². The summed E-state index contributed by atoms with van der Waals surface area (Å²) >= 11 is 0.0723. The Balaban J connectivity index is 1.07. The Labute approximate surface area is 542 Å². The number of piperazine rings is 1. The molecule has 7 amide bonds. The maximum absolute atomic E-state index is 15.0.